The van der Waals surface area contributed by atoms with Crippen molar-refractivity contribution in [1.82, 2.24) is 15.5 Å². The summed E-state index contributed by atoms with van der Waals surface area (Å²) in [4.78, 5) is 28.1. The van der Waals surface area contributed by atoms with Gasteiger partial charge in [0.15, 0.2) is 0 Å². The molecule has 2 N–H and O–H groups in total. The predicted molar refractivity (Wildman–Crippen MR) is 121 cm³/mol. The fraction of sp³-hybridized carbons (Fsp3) is 0.429. The van der Waals surface area contributed by atoms with Crippen molar-refractivity contribution < 1.29 is 9.59 Å². The second-order valence-electron chi connectivity index (χ2n) is 7.32. The summed E-state index contributed by atoms with van der Waals surface area (Å²) in [5.41, 5.74) is 1.41. The van der Waals surface area contributed by atoms with Crippen molar-refractivity contribution >= 4 is 47.2 Å². The number of amides is 2. The molecule has 3 rings (SSSR count). The largest absolute Gasteiger partial charge is 0.349 e. The lowest BCUT2D eigenvalue weighted by atomic mass is 10.0. The molecule has 29 heavy (non-hydrogen) atoms. The number of piperidine rings is 1. The molecule has 0 unspecified atom stereocenters. The highest BCUT2D eigenvalue weighted by molar-refractivity contribution is 7.17. The van der Waals surface area contributed by atoms with E-state index in [0.717, 1.165) is 31.5 Å². The molecule has 0 spiro atoms. The number of nitrogens with zero attached hydrogens (tertiary/aromatic N) is 1. The summed E-state index contributed by atoms with van der Waals surface area (Å²) in [5.74, 6) is -0.264. The lowest BCUT2D eigenvalue weighted by Gasteiger charge is -2.34. The van der Waals surface area contributed by atoms with Crippen LogP contribution in [0, 0.1) is 0 Å². The van der Waals surface area contributed by atoms with Gasteiger partial charge in [0, 0.05) is 37.3 Å². The summed E-state index contributed by atoms with van der Waals surface area (Å²) < 4.78 is 0.577. The lowest BCUT2D eigenvalue weighted by molar-refractivity contribution is 0.0895. The van der Waals surface area contributed by atoms with Crippen LogP contribution in [0.25, 0.3) is 0 Å². The minimum atomic E-state index is -0.187. The first kappa shape index (κ1) is 23.7. The third kappa shape index (κ3) is 6.44. The van der Waals surface area contributed by atoms with Crippen LogP contribution in [-0.4, -0.2) is 41.9 Å². The Kier molecular flexibility index (Phi) is 8.96. The molecule has 1 aliphatic heterocycles. The molecule has 2 aromatic rings. The lowest BCUT2D eigenvalue weighted by Crippen LogP contribution is -2.46. The Labute approximate surface area is 187 Å². The number of rotatable bonds is 6. The van der Waals surface area contributed by atoms with Crippen LogP contribution in [0.5, 0.6) is 0 Å². The molecule has 158 valence electrons. The molecule has 1 aliphatic rings. The van der Waals surface area contributed by atoms with E-state index in [4.69, 9.17) is 11.6 Å². The molecule has 0 aliphatic carbocycles. The third-order valence-electron chi connectivity index (χ3n) is 5.09. The van der Waals surface area contributed by atoms with Gasteiger partial charge in [-0.25, -0.2) is 0 Å². The minimum absolute atomic E-state index is 0. The van der Waals surface area contributed by atoms with Crippen molar-refractivity contribution in [1.29, 1.82) is 0 Å². The molecule has 0 saturated carbocycles. The van der Waals surface area contributed by atoms with Gasteiger partial charge in [-0.15, -0.1) is 23.7 Å². The Morgan fingerprint density at radius 3 is 2.45 bits per heavy atom. The van der Waals surface area contributed by atoms with E-state index < -0.39 is 0 Å². The fourth-order valence-corrected chi connectivity index (χ4v) is 4.38. The maximum Gasteiger partial charge on any atom is 0.261 e. The van der Waals surface area contributed by atoms with Gasteiger partial charge < -0.3 is 15.5 Å². The molecule has 2 amide bonds. The van der Waals surface area contributed by atoms with Crippen molar-refractivity contribution in [2.24, 2.45) is 0 Å². The van der Waals surface area contributed by atoms with E-state index in [9.17, 15) is 9.59 Å². The van der Waals surface area contributed by atoms with Crippen molar-refractivity contribution in [3.63, 3.8) is 0 Å². The van der Waals surface area contributed by atoms with E-state index in [1.807, 2.05) is 24.3 Å². The van der Waals surface area contributed by atoms with E-state index in [0.29, 0.717) is 27.4 Å². The second kappa shape index (κ2) is 11.0. The van der Waals surface area contributed by atoms with E-state index in [1.54, 1.807) is 12.1 Å². The molecule has 0 bridgehead atoms. The van der Waals surface area contributed by atoms with Gasteiger partial charge in [-0.1, -0.05) is 29.8 Å². The molecule has 5 nitrogen and oxygen atoms in total. The molecule has 2 heterocycles. The van der Waals surface area contributed by atoms with Gasteiger partial charge in [0.1, 0.15) is 0 Å². The molecule has 8 heteroatoms. The molecular weight excluding hydrogens is 429 g/mol. The molecule has 1 fully saturated rings. The van der Waals surface area contributed by atoms with E-state index in [-0.39, 0.29) is 30.3 Å². The Morgan fingerprint density at radius 2 is 1.83 bits per heavy atom. The van der Waals surface area contributed by atoms with E-state index in [2.05, 4.69) is 29.4 Å². The normalized spacial score (nSPS) is 15.0. The zero-order valence-electron chi connectivity index (χ0n) is 16.6. The molecule has 0 radical (unpaired) electrons. The van der Waals surface area contributed by atoms with Crippen LogP contribution in [0.3, 0.4) is 0 Å². The van der Waals surface area contributed by atoms with Crippen molar-refractivity contribution in [2.45, 2.75) is 45.3 Å². The number of nitrogens with one attached hydrogen (secondary N) is 2. The zero-order chi connectivity index (χ0) is 20.1. The van der Waals surface area contributed by atoms with Crippen LogP contribution < -0.4 is 10.6 Å². The number of carbonyl (C=O) groups excluding carboxylic acids is 2. The smallest absolute Gasteiger partial charge is 0.261 e. The molecule has 1 saturated heterocycles. The third-order valence-corrected chi connectivity index (χ3v) is 6.32. The number of hydrogen-bond donors (Lipinski definition) is 2. The van der Waals surface area contributed by atoms with Crippen molar-refractivity contribution in [3.05, 3.63) is 56.7 Å². The summed E-state index contributed by atoms with van der Waals surface area (Å²) in [7, 11) is 0. The average molecular weight is 456 g/mol. The number of likely N-dealkylation sites (tertiary alicyclic amines) is 1. The van der Waals surface area contributed by atoms with Crippen molar-refractivity contribution in [2.75, 3.05) is 13.1 Å². The zero-order valence-corrected chi connectivity index (χ0v) is 19.0. The number of halogens is 2. The maximum atomic E-state index is 12.8. The monoisotopic (exact) mass is 455 g/mol. The second-order valence-corrected chi connectivity index (χ2v) is 9.04. The first-order valence-electron chi connectivity index (χ1n) is 9.60. The number of hydrogen-bond acceptors (Lipinski definition) is 4. The number of thiophene rings is 1. The Bertz CT molecular complexity index is 833. The molecule has 0 atom stereocenters. The SMILES string of the molecule is CC(C)N1CCC(NC(=O)c2ccccc2CNC(=O)c2ccc(Cl)s2)CC1.Cl. The van der Waals surface area contributed by atoms with Gasteiger partial charge in [-0.05, 0) is 50.5 Å². The van der Waals surface area contributed by atoms with E-state index >= 15 is 0 Å². The highest BCUT2D eigenvalue weighted by Crippen LogP contribution is 2.21. The molecule has 1 aromatic heterocycles. The van der Waals surface area contributed by atoms with Gasteiger partial charge in [-0.2, -0.15) is 0 Å². The first-order valence-corrected chi connectivity index (χ1v) is 10.8. The Morgan fingerprint density at radius 1 is 1.14 bits per heavy atom. The van der Waals surface area contributed by atoms with Crippen LogP contribution in [0.15, 0.2) is 36.4 Å². The fourth-order valence-electron chi connectivity index (χ4n) is 3.42. The van der Waals surface area contributed by atoms with Crippen molar-refractivity contribution in [3.8, 4) is 0 Å². The minimum Gasteiger partial charge on any atom is -0.349 e. The highest BCUT2D eigenvalue weighted by atomic mass is 35.5. The summed E-state index contributed by atoms with van der Waals surface area (Å²) in [6.07, 6.45) is 1.92. The summed E-state index contributed by atoms with van der Waals surface area (Å²) in [6.45, 7) is 6.71. The molecular formula is C21H27Cl2N3O2S. The first-order chi connectivity index (χ1) is 13.4. The molecule has 1 aromatic carbocycles. The summed E-state index contributed by atoms with van der Waals surface area (Å²) in [5, 5.41) is 6.04. The Hall–Kier alpha value is -1.60. The summed E-state index contributed by atoms with van der Waals surface area (Å²) in [6, 6.07) is 11.5. The highest BCUT2D eigenvalue weighted by Gasteiger charge is 2.23. The average Bonchev–Trinajstić information content (AvgIpc) is 3.13. The van der Waals surface area contributed by atoms with Crippen LogP contribution in [0.4, 0.5) is 0 Å². The number of carbonyl (C=O) groups is 2. The van der Waals surface area contributed by atoms with Crippen LogP contribution in [0.1, 0.15) is 52.3 Å². The van der Waals surface area contributed by atoms with Gasteiger partial charge >= 0.3 is 0 Å². The predicted octanol–water partition coefficient (Wildman–Crippen LogP) is 4.36. The van der Waals surface area contributed by atoms with Gasteiger partial charge in [0.2, 0.25) is 0 Å². The number of benzene rings is 1. The topological polar surface area (TPSA) is 61.4 Å². The maximum absolute atomic E-state index is 12.8. The summed E-state index contributed by atoms with van der Waals surface area (Å²) >= 11 is 7.13. The van der Waals surface area contributed by atoms with E-state index in [1.165, 1.54) is 11.3 Å². The standard InChI is InChI=1S/C21H26ClN3O2S.ClH/c1-14(2)25-11-9-16(10-12-25)24-20(26)17-6-4-3-5-15(17)13-23-21(27)18-7-8-19(22)28-18;/h3-8,14,16H,9-13H2,1-2H3,(H,23,27)(H,24,26);1H. The van der Waals surface area contributed by atoms with Gasteiger partial charge in [0.05, 0.1) is 9.21 Å². The quantitative estimate of drug-likeness (QED) is 0.679. The van der Waals surface area contributed by atoms with Gasteiger partial charge in [0.25, 0.3) is 11.8 Å². The van der Waals surface area contributed by atoms with Crippen LogP contribution >= 0.6 is 35.3 Å². The van der Waals surface area contributed by atoms with Crippen LogP contribution in [0.2, 0.25) is 4.34 Å². The Balaban J connectivity index is 0.00000300. The van der Waals surface area contributed by atoms with Crippen LogP contribution in [-0.2, 0) is 6.54 Å². The van der Waals surface area contributed by atoms with Gasteiger partial charge in [-0.3, -0.25) is 9.59 Å².